The SMILES string of the molecule is Cc1ccc(C(=O)N(C)[C@@H]2CNC[C@H]2O)cc1C. The summed E-state index contributed by atoms with van der Waals surface area (Å²) in [4.78, 5) is 14.0. The largest absolute Gasteiger partial charge is 0.390 e. The van der Waals surface area contributed by atoms with Crippen molar-refractivity contribution in [3.63, 3.8) is 0 Å². The average Bonchev–Trinajstić information content (AvgIpc) is 2.77. The molecule has 2 N–H and O–H groups in total. The van der Waals surface area contributed by atoms with Crippen LogP contribution >= 0.6 is 0 Å². The zero-order chi connectivity index (χ0) is 13.3. The van der Waals surface area contributed by atoms with Crippen LogP contribution in [0.5, 0.6) is 0 Å². The molecule has 0 aliphatic carbocycles. The summed E-state index contributed by atoms with van der Waals surface area (Å²) in [6, 6.07) is 5.57. The first-order valence-electron chi connectivity index (χ1n) is 6.24. The second kappa shape index (κ2) is 5.08. The number of nitrogens with zero attached hydrogens (tertiary/aromatic N) is 1. The van der Waals surface area contributed by atoms with Crippen LogP contribution in [0.4, 0.5) is 0 Å². The lowest BCUT2D eigenvalue weighted by Gasteiger charge is -2.26. The van der Waals surface area contributed by atoms with Crippen molar-refractivity contribution in [3.8, 4) is 0 Å². The Kier molecular flexibility index (Phi) is 3.68. The predicted molar refractivity (Wildman–Crippen MR) is 70.7 cm³/mol. The molecule has 0 bridgehead atoms. The van der Waals surface area contributed by atoms with E-state index in [1.165, 1.54) is 5.56 Å². The van der Waals surface area contributed by atoms with Gasteiger partial charge in [0.25, 0.3) is 5.91 Å². The van der Waals surface area contributed by atoms with Gasteiger partial charge in [0.15, 0.2) is 0 Å². The lowest BCUT2D eigenvalue weighted by molar-refractivity contribution is 0.0581. The Morgan fingerprint density at radius 3 is 2.61 bits per heavy atom. The van der Waals surface area contributed by atoms with Crippen molar-refractivity contribution < 1.29 is 9.90 Å². The van der Waals surface area contributed by atoms with Gasteiger partial charge in [-0.05, 0) is 37.1 Å². The zero-order valence-electron chi connectivity index (χ0n) is 11.1. The molecule has 1 saturated heterocycles. The summed E-state index contributed by atoms with van der Waals surface area (Å²) in [6.07, 6.45) is -0.481. The molecule has 98 valence electrons. The number of nitrogens with one attached hydrogen (secondary N) is 1. The van der Waals surface area contributed by atoms with Gasteiger partial charge in [-0.25, -0.2) is 0 Å². The third-order valence-corrected chi connectivity index (χ3v) is 3.72. The third kappa shape index (κ3) is 2.40. The standard InChI is InChI=1S/C14H20N2O2/c1-9-4-5-11(6-10(9)2)14(18)16(3)12-7-15-8-13(12)17/h4-6,12-13,15,17H,7-8H2,1-3H3/t12-,13-/m1/s1. The van der Waals surface area contributed by atoms with E-state index in [1.807, 2.05) is 32.0 Å². The minimum atomic E-state index is -0.481. The minimum absolute atomic E-state index is 0.0362. The first kappa shape index (κ1) is 13.1. The molecule has 1 amide bonds. The Hall–Kier alpha value is -1.39. The minimum Gasteiger partial charge on any atom is -0.390 e. The normalized spacial score (nSPS) is 23.1. The van der Waals surface area contributed by atoms with Crippen molar-refractivity contribution in [3.05, 3.63) is 34.9 Å². The van der Waals surface area contributed by atoms with Gasteiger partial charge in [-0.2, -0.15) is 0 Å². The number of aliphatic hydroxyl groups excluding tert-OH is 1. The fourth-order valence-corrected chi connectivity index (χ4v) is 2.27. The van der Waals surface area contributed by atoms with E-state index >= 15 is 0 Å². The third-order valence-electron chi connectivity index (χ3n) is 3.72. The maximum atomic E-state index is 12.3. The molecule has 1 heterocycles. The van der Waals surface area contributed by atoms with Gasteiger partial charge in [0.1, 0.15) is 0 Å². The summed E-state index contributed by atoms with van der Waals surface area (Å²) in [6.45, 7) is 5.22. The number of benzene rings is 1. The number of hydrogen-bond acceptors (Lipinski definition) is 3. The number of carbonyl (C=O) groups is 1. The van der Waals surface area contributed by atoms with Gasteiger partial charge in [-0.15, -0.1) is 0 Å². The summed E-state index contributed by atoms with van der Waals surface area (Å²) in [5.41, 5.74) is 2.97. The maximum absolute atomic E-state index is 12.3. The lowest BCUT2D eigenvalue weighted by Crippen LogP contribution is -2.44. The van der Waals surface area contributed by atoms with Crippen LogP contribution in [0.25, 0.3) is 0 Å². The Morgan fingerprint density at radius 2 is 2.06 bits per heavy atom. The summed E-state index contributed by atoms with van der Waals surface area (Å²) in [7, 11) is 1.75. The Labute approximate surface area is 108 Å². The Balaban J connectivity index is 2.17. The fraction of sp³-hybridized carbons (Fsp3) is 0.500. The van der Waals surface area contributed by atoms with Crippen molar-refractivity contribution in [1.82, 2.24) is 10.2 Å². The van der Waals surface area contributed by atoms with Gasteiger partial charge in [0.2, 0.25) is 0 Å². The van der Waals surface area contributed by atoms with Gasteiger partial charge in [-0.1, -0.05) is 6.07 Å². The highest BCUT2D eigenvalue weighted by Gasteiger charge is 2.31. The number of rotatable bonds is 2. The molecule has 0 aromatic heterocycles. The topological polar surface area (TPSA) is 52.6 Å². The molecule has 2 atom stereocenters. The number of hydrogen-bond donors (Lipinski definition) is 2. The predicted octanol–water partition coefficient (Wildman–Crippen LogP) is 0.708. The van der Waals surface area contributed by atoms with Crippen LogP contribution in [0, 0.1) is 13.8 Å². The number of aryl methyl sites for hydroxylation is 2. The number of aliphatic hydroxyl groups is 1. The molecule has 18 heavy (non-hydrogen) atoms. The van der Waals surface area contributed by atoms with Gasteiger partial charge in [0.05, 0.1) is 12.1 Å². The quantitative estimate of drug-likeness (QED) is 0.810. The number of β-amino-alcohol motifs (C(OH)–C–C–N with tert-alkyl or cyclic N) is 1. The summed E-state index contributed by atoms with van der Waals surface area (Å²) in [5, 5.41) is 12.9. The van der Waals surface area contributed by atoms with Crippen molar-refractivity contribution in [2.45, 2.75) is 26.0 Å². The molecule has 1 aromatic carbocycles. The van der Waals surface area contributed by atoms with Gasteiger partial charge >= 0.3 is 0 Å². The van der Waals surface area contributed by atoms with Crippen molar-refractivity contribution in [1.29, 1.82) is 0 Å². The molecule has 0 radical (unpaired) electrons. The molecule has 4 nitrogen and oxygen atoms in total. The highest BCUT2D eigenvalue weighted by atomic mass is 16.3. The molecular weight excluding hydrogens is 228 g/mol. The first-order chi connectivity index (χ1) is 8.50. The molecule has 1 aromatic rings. The summed E-state index contributed by atoms with van der Waals surface area (Å²) in [5.74, 6) is -0.0362. The average molecular weight is 248 g/mol. The molecule has 1 aliphatic rings. The monoisotopic (exact) mass is 248 g/mol. The molecule has 0 spiro atoms. The maximum Gasteiger partial charge on any atom is 0.253 e. The zero-order valence-corrected chi connectivity index (χ0v) is 11.1. The fourth-order valence-electron chi connectivity index (χ4n) is 2.27. The van der Waals surface area contributed by atoms with Gasteiger partial charge in [-0.3, -0.25) is 4.79 Å². The van der Waals surface area contributed by atoms with Gasteiger partial charge in [0, 0.05) is 25.7 Å². The van der Waals surface area contributed by atoms with E-state index < -0.39 is 6.10 Å². The number of carbonyl (C=O) groups excluding carboxylic acids is 1. The summed E-state index contributed by atoms with van der Waals surface area (Å²) < 4.78 is 0. The number of likely N-dealkylation sites (N-methyl/N-ethyl adjacent to an activating group) is 1. The van der Waals surface area contributed by atoms with E-state index in [9.17, 15) is 9.90 Å². The van der Waals surface area contributed by atoms with Crippen molar-refractivity contribution in [2.75, 3.05) is 20.1 Å². The second-order valence-corrected chi connectivity index (χ2v) is 5.01. The molecule has 1 fully saturated rings. The van der Waals surface area contributed by atoms with E-state index in [0.717, 1.165) is 5.56 Å². The summed E-state index contributed by atoms with van der Waals surface area (Å²) >= 11 is 0. The van der Waals surface area contributed by atoms with Gasteiger partial charge < -0.3 is 15.3 Å². The van der Waals surface area contributed by atoms with Crippen LogP contribution in [0.3, 0.4) is 0 Å². The van der Waals surface area contributed by atoms with E-state index in [2.05, 4.69) is 5.32 Å². The molecule has 2 rings (SSSR count). The first-order valence-corrected chi connectivity index (χ1v) is 6.24. The van der Waals surface area contributed by atoms with Crippen LogP contribution < -0.4 is 5.32 Å². The molecule has 4 heteroatoms. The van der Waals surface area contributed by atoms with Crippen molar-refractivity contribution in [2.24, 2.45) is 0 Å². The highest BCUT2D eigenvalue weighted by Crippen LogP contribution is 2.15. The Morgan fingerprint density at radius 1 is 1.33 bits per heavy atom. The second-order valence-electron chi connectivity index (χ2n) is 5.01. The van der Waals surface area contributed by atoms with E-state index in [1.54, 1.807) is 11.9 Å². The van der Waals surface area contributed by atoms with Crippen LogP contribution in [0.2, 0.25) is 0 Å². The van der Waals surface area contributed by atoms with Crippen LogP contribution in [-0.2, 0) is 0 Å². The molecule has 1 aliphatic heterocycles. The molecule has 0 unspecified atom stereocenters. The van der Waals surface area contributed by atoms with Crippen LogP contribution in [0.15, 0.2) is 18.2 Å². The molecular formula is C14H20N2O2. The van der Waals surface area contributed by atoms with E-state index in [4.69, 9.17) is 0 Å². The van der Waals surface area contributed by atoms with E-state index in [-0.39, 0.29) is 11.9 Å². The smallest absolute Gasteiger partial charge is 0.253 e. The van der Waals surface area contributed by atoms with Crippen LogP contribution in [0.1, 0.15) is 21.5 Å². The highest BCUT2D eigenvalue weighted by molar-refractivity contribution is 5.94. The molecule has 0 saturated carbocycles. The lowest BCUT2D eigenvalue weighted by atomic mass is 10.0. The Bertz CT molecular complexity index is 459. The van der Waals surface area contributed by atoms with Crippen LogP contribution in [-0.4, -0.2) is 48.2 Å². The number of amides is 1. The van der Waals surface area contributed by atoms with Crippen molar-refractivity contribution >= 4 is 5.91 Å². The van der Waals surface area contributed by atoms with E-state index in [0.29, 0.717) is 18.7 Å².